The number of hydrogen-bond acceptors (Lipinski definition) is 0. The first kappa shape index (κ1) is 24.6. The Hall–Kier alpha value is -0.403. The van der Waals surface area contributed by atoms with Gasteiger partial charge in [0, 0.05) is 0 Å². The molecule has 0 aromatic carbocycles. The normalized spacial score (nSPS) is 17.6. The maximum absolute atomic E-state index is 13.4. The molecular weight excluding hydrogens is 431 g/mol. The average molecular weight is 441 g/mol. The molecule has 0 aromatic rings. The highest BCUT2D eigenvalue weighted by molar-refractivity contribution is 7.20. The summed E-state index contributed by atoms with van der Waals surface area (Å²) >= 11 is 4.86. The van der Waals surface area contributed by atoms with Gasteiger partial charge in [0.05, 0.1) is 0 Å². The molecule has 0 radical (unpaired) electrons. The third-order valence-electron chi connectivity index (χ3n) is 3.24. The molecule has 1 atom stereocenters. The number of alkyl halides is 13. The van der Waals surface area contributed by atoms with Gasteiger partial charge in [-0.3, -0.25) is 0 Å². The van der Waals surface area contributed by atoms with Crippen LogP contribution in [0.5, 0.6) is 0 Å². The molecule has 0 heterocycles. The van der Waals surface area contributed by atoms with E-state index in [2.05, 4.69) is 0 Å². The van der Waals surface area contributed by atoms with Crippen LogP contribution in [0.25, 0.3) is 0 Å². The van der Waals surface area contributed by atoms with Crippen molar-refractivity contribution < 1.29 is 57.1 Å². The molecule has 25 heavy (non-hydrogen) atoms. The van der Waals surface area contributed by atoms with Gasteiger partial charge in [0.15, 0.2) is 6.17 Å². The Labute approximate surface area is 138 Å². The molecule has 0 spiro atoms. The van der Waals surface area contributed by atoms with Crippen LogP contribution in [0.1, 0.15) is 6.92 Å². The average Bonchev–Trinajstić information content (AvgIpc) is 2.35. The van der Waals surface area contributed by atoms with Gasteiger partial charge in [0.1, 0.15) is 0 Å². The Morgan fingerprint density at radius 3 is 1.16 bits per heavy atom. The van der Waals surface area contributed by atoms with Crippen LogP contribution in [0, 0.1) is 0 Å². The molecule has 0 nitrogen and oxygen atoms in total. The van der Waals surface area contributed by atoms with E-state index in [0.717, 1.165) is 0 Å². The van der Waals surface area contributed by atoms with E-state index >= 15 is 0 Å². The van der Waals surface area contributed by atoms with Crippen LogP contribution in [-0.2, 0) is 0 Å². The van der Waals surface area contributed by atoms with Gasteiger partial charge < -0.3 is 0 Å². The number of rotatable bonds is 7. The topological polar surface area (TPSA) is 0 Å². The molecule has 0 bridgehead atoms. The summed E-state index contributed by atoms with van der Waals surface area (Å²) < 4.78 is 171. The molecule has 0 aliphatic rings. The zero-order valence-electron chi connectivity index (χ0n) is 12.4. The van der Waals surface area contributed by atoms with Crippen molar-refractivity contribution >= 4 is 18.5 Å². The maximum Gasteiger partial charge on any atom is 0.384 e. The van der Waals surface area contributed by atoms with Crippen molar-refractivity contribution in [2.75, 3.05) is 0 Å². The predicted molar refractivity (Wildman–Crippen MR) is 63.6 cm³/mol. The van der Waals surface area contributed by atoms with Gasteiger partial charge in [-0.15, -0.1) is 0 Å². The molecule has 0 aromatic heterocycles. The summed E-state index contributed by atoms with van der Waals surface area (Å²) in [6.07, 6.45) is -4.20. The standard InChI is InChI=1S/C10H10ClF13Si/c1-4(12)5(13,14)6(15,16)7(17,18)8(19,20)9(21,22)10(23,24)25(2,3)11/h4H,1-3H3. The lowest BCUT2D eigenvalue weighted by atomic mass is 9.92. The van der Waals surface area contributed by atoms with Gasteiger partial charge in [0.25, 0.3) is 0 Å². The van der Waals surface area contributed by atoms with Gasteiger partial charge >= 0.3 is 35.2 Å². The van der Waals surface area contributed by atoms with E-state index < -0.39 is 55.6 Å². The van der Waals surface area contributed by atoms with Gasteiger partial charge in [-0.05, 0) is 6.92 Å². The first-order valence-corrected chi connectivity index (χ1v) is 10.1. The minimum Gasteiger partial charge on any atom is -0.241 e. The fourth-order valence-electron chi connectivity index (χ4n) is 1.42. The van der Waals surface area contributed by atoms with E-state index in [4.69, 9.17) is 11.1 Å². The molecule has 0 N–H and O–H groups in total. The third kappa shape index (κ3) is 3.10. The van der Waals surface area contributed by atoms with Crippen LogP contribution in [0.2, 0.25) is 13.1 Å². The molecule has 0 saturated carbocycles. The molecule has 0 amide bonds. The highest BCUT2D eigenvalue weighted by Crippen LogP contribution is 2.62. The zero-order valence-corrected chi connectivity index (χ0v) is 14.1. The first-order chi connectivity index (χ1) is 10.4. The lowest BCUT2D eigenvalue weighted by molar-refractivity contribution is -0.421. The van der Waals surface area contributed by atoms with Crippen LogP contribution in [0.4, 0.5) is 57.1 Å². The van der Waals surface area contributed by atoms with Crippen molar-refractivity contribution in [2.24, 2.45) is 0 Å². The number of hydrogen-bond donors (Lipinski definition) is 0. The van der Waals surface area contributed by atoms with Gasteiger partial charge in [-0.25, -0.2) is 13.2 Å². The highest BCUT2D eigenvalue weighted by Gasteiger charge is 2.91. The van der Waals surface area contributed by atoms with Crippen LogP contribution >= 0.6 is 11.1 Å². The lowest BCUT2D eigenvalue weighted by Crippen LogP contribution is -2.74. The molecule has 0 aliphatic heterocycles. The fraction of sp³-hybridized carbons (Fsp3) is 1.00. The SMILES string of the molecule is CC(F)C(F)(F)C(F)(F)C(F)(F)C(F)(F)C(F)(F)C(F)(F)[Si](C)(C)Cl. The van der Waals surface area contributed by atoms with Crippen LogP contribution < -0.4 is 0 Å². The monoisotopic (exact) mass is 440 g/mol. The minimum atomic E-state index is -7.76. The molecule has 0 fully saturated rings. The van der Waals surface area contributed by atoms with E-state index in [1.165, 1.54) is 0 Å². The summed E-state index contributed by atoms with van der Waals surface area (Å²) in [6, 6.07) is 0. The highest BCUT2D eigenvalue weighted by atomic mass is 35.6. The van der Waals surface area contributed by atoms with E-state index in [0.29, 0.717) is 0 Å². The van der Waals surface area contributed by atoms with Gasteiger partial charge in [0.2, 0.25) is 7.38 Å². The van der Waals surface area contributed by atoms with E-state index in [1.807, 2.05) is 0 Å². The fourth-order valence-corrected chi connectivity index (χ4v) is 2.68. The summed E-state index contributed by atoms with van der Waals surface area (Å²) in [5.74, 6) is -36.7. The Morgan fingerprint density at radius 1 is 0.640 bits per heavy atom. The van der Waals surface area contributed by atoms with Crippen molar-refractivity contribution in [3.05, 3.63) is 0 Å². The van der Waals surface area contributed by atoms with Crippen molar-refractivity contribution in [3.63, 3.8) is 0 Å². The van der Waals surface area contributed by atoms with E-state index in [1.54, 1.807) is 0 Å². The Balaban J connectivity index is 6.50. The molecule has 0 rings (SSSR count). The molecule has 0 aliphatic carbocycles. The smallest absolute Gasteiger partial charge is 0.241 e. The van der Waals surface area contributed by atoms with E-state index in [9.17, 15) is 57.1 Å². The van der Waals surface area contributed by atoms with Crippen molar-refractivity contribution in [1.82, 2.24) is 0 Å². The van der Waals surface area contributed by atoms with E-state index in [-0.39, 0.29) is 13.1 Å². The van der Waals surface area contributed by atoms with Crippen LogP contribution in [0.3, 0.4) is 0 Å². The van der Waals surface area contributed by atoms with Crippen LogP contribution in [0.15, 0.2) is 0 Å². The van der Waals surface area contributed by atoms with Gasteiger partial charge in [-0.1, -0.05) is 13.1 Å². The Kier molecular flexibility index (Phi) is 5.96. The Bertz CT molecular complexity index is 494. The summed E-state index contributed by atoms with van der Waals surface area (Å²) in [7, 11) is -5.27. The molecule has 1 unspecified atom stereocenters. The van der Waals surface area contributed by atoms with Crippen molar-refractivity contribution in [3.8, 4) is 0 Å². The lowest BCUT2D eigenvalue weighted by Gasteiger charge is -2.43. The second-order valence-electron chi connectivity index (χ2n) is 5.58. The molecular formula is C10H10ClF13Si. The Morgan fingerprint density at radius 2 is 0.920 bits per heavy atom. The molecule has 15 heteroatoms. The molecule has 152 valence electrons. The number of halogens is 14. The summed E-state index contributed by atoms with van der Waals surface area (Å²) in [5, 5.41) is 0. The predicted octanol–water partition coefficient (Wildman–Crippen LogP) is 6.14. The third-order valence-corrected chi connectivity index (χ3v) is 5.76. The second-order valence-corrected chi connectivity index (χ2v) is 12.0. The van der Waals surface area contributed by atoms with Crippen molar-refractivity contribution in [2.45, 2.75) is 61.3 Å². The van der Waals surface area contributed by atoms with Crippen LogP contribution in [-0.4, -0.2) is 48.7 Å². The quantitative estimate of drug-likeness (QED) is 0.253. The zero-order chi connectivity index (χ0) is 21.1. The maximum atomic E-state index is 13.4. The van der Waals surface area contributed by atoms with Gasteiger partial charge in [-0.2, -0.15) is 55.0 Å². The summed E-state index contributed by atoms with van der Waals surface area (Å²) in [4.78, 5) is 0. The largest absolute Gasteiger partial charge is 0.384 e. The molecule has 0 saturated heterocycles. The summed E-state index contributed by atoms with van der Waals surface area (Å²) in [6.45, 7) is -0.232. The first-order valence-electron chi connectivity index (χ1n) is 6.04. The minimum absolute atomic E-state index is 0.104. The second kappa shape index (κ2) is 6.06. The summed E-state index contributed by atoms with van der Waals surface area (Å²) in [5.41, 5.74) is -6.12. The van der Waals surface area contributed by atoms with Crippen molar-refractivity contribution in [1.29, 1.82) is 0 Å².